The molecule has 160 valence electrons. The molecule has 1 fully saturated rings. The number of hydrogen-bond acceptors (Lipinski definition) is 6. The molecule has 0 unspecified atom stereocenters. The molecule has 0 spiro atoms. The first-order chi connectivity index (χ1) is 14.7. The number of imide groups is 1. The van der Waals surface area contributed by atoms with Crippen LogP contribution >= 0.6 is 35.0 Å². The number of carbonyl (C=O) groups is 4. The average molecular weight is 481 g/mol. The second-order valence-corrected chi connectivity index (χ2v) is 8.05. The van der Waals surface area contributed by atoms with E-state index in [-0.39, 0.29) is 17.3 Å². The summed E-state index contributed by atoms with van der Waals surface area (Å²) in [5.74, 6) is -2.21. The molecule has 11 heteroatoms. The van der Waals surface area contributed by atoms with Crippen LogP contribution in [0.15, 0.2) is 47.4 Å². The van der Waals surface area contributed by atoms with Gasteiger partial charge in [-0.1, -0.05) is 23.2 Å². The Morgan fingerprint density at radius 2 is 1.77 bits per heavy atom. The minimum Gasteiger partial charge on any atom is -0.483 e. The van der Waals surface area contributed by atoms with E-state index in [0.717, 1.165) is 0 Å². The molecule has 2 aromatic rings. The van der Waals surface area contributed by atoms with Crippen molar-refractivity contribution in [2.24, 2.45) is 0 Å². The third-order valence-corrected chi connectivity index (χ3v) is 5.31. The van der Waals surface area contributed by atoms with E-state index in [1.807, 2.05) is 0 Å². The summed E-state index contributed by atoms with van der Waals surface area (Å²) in [5, 5.41) is 11.7. The summed E-state index contributed by atoms with van der Waals surface area (Å²) in [6.45, 7) is -1.06. The maximum atomic E-state index is 12.4. The van der Waals surface area contributed by atoms with Crippen LogP contribution in [0, 0.1) is 0 Å². The Kier molecular flexibility index (Phi) is 7.21. The van der Waals surface area contributed by atoms with Crippen molar-refractivity contribution in [1.29, 1.82) is 0 Å². The highest BCUT2D eigenvalue weighted by Gasteiger charge is 2.36. The number of halogens is 2. The Morgan fingerprint density at radius 1 is 1.10 bits per heavy atom. The molecule has 1 aliphatic rings. The number of ether oxygens (including phenoxy) is 1. The molecule has 2 aromatic carbocycles. The van der Waals surface area contributed by atoms with Gasteiger partial charge in [0.1, 0.15) is 12.3 Å². The van der Waals surface area contributed by atoms with E-state index in [2.05, 4.69) is 5.32 Å². The predicted octanol–water partition coefficient (Wildman–Crippen LogP) is 4.13. The van der Waals surface area contributed by atoms with Gasteiger partial charge in [-0.3, -0.25) is 24.1 Å². The van der Waals surface area contributed by atoms with E-state index in [1.165, 1.54) is 18.2 Å². The van der Waals surface area contributed by atoms with Crippen molar-refractivity contribution in [3.8, 4) is 5.75 Å². The van der Waals surface area contributed by atoms with Crippen LogP contribution in [0.4, 0.5) is 10.5 Å². The van der Waals surface area contributed by atoms with Gasteiger partial charge in [-0.05, 0) is 60.3 Å². The van der Waals surface area contributed by atoms with Crippen LogP contribution in [-0.2, 0) is 14.4 Å². The molecule has 0 atom stereocenters. The maximum Gasteiger partial charge on any atom is 0.323 e. The van der Waals surface area contributed by atoms with Crippen molar-refractivity contribution in [2.45, 2.75) is 0 Å². The van der Waals surface area contributed by atoms with Crippen LogP contribution in [0.3, 0.4) is 0 Å². The van der Waals surface area contributed by atoms with Gasteiger partial charge in [0, 0.05) is 21.3 Å². The second kappa shape index (κ2) is 9.86. The lowest BCUT2D eigenvalue weighted by molar-refractivity contribution is -0.140. The van der Waals surface area contributed by atoms with Gasteiger partial charge >= 0.3 is 5.97 Å². The Balaban J connectivity index is 1.73. The van der Waals surface area contributed by atoms with Gasteiger partial charge in [0.2, 0.25) is 0 Å². The van der Waals surface area contributed by atoms with Crippen LogP contribution in [0.2, 0.25) is 10.0 Å². The Labute approximate surface area is 190 Å². The van der Waals surface area contributed by atoms with Gasteiger partial charge in [-0.25, -0.2) is 0 Å². The second-order valence-electron chi connectivity index (χ2n) is 6.19. The molecule has 0 saturated carbocycles. The smallest absolute Gasteiger partial charge is 0.323 e. The molecule has 3 rings (SSSR count). The number of aliphatic carboxylic acids is 1. The highest BCUT2D eigenvalue weighted by atomic mass is 35.5. The molecular formula is C20H14Cl2N2O6S. The molecule has 1 saturated heterocycles. The summed E-state index contributed by atoms with van der Waals surface area (Å²) in [6, 6.07) is 11.1. The minimum absolute atomic E-state index is 0.0176. The summed E-state index contributed by atoms with van der Waals surface area (Å²) >= 11 is 12.4. The van der Waals surface area contributed by atoms with Gasteiger partial charge in [0.25, 0.3) is 17.1 Å². The number of carbonyl (C=O) groups excluding carboxylic acids is 3. The normalized spacial score (nSPS) is 14.8. The van der Waals surface area contributed by atoms with E-state index in [1.54, 1.807) is 30.3 Å². The van der Waals surface area contributed by atoms with Gasteiger partial charge in [0.05, 0.1) is 4.91 Å². The van der Waals surface area contributed by atoms with Crippen LogP contribution in [0.1, 0.15) is 5.56 Å². The number of amides is 3. The summed E-state index contributed by atoms with van der Waals surface area (Å²) in [6.07, 6.45) is 1.37. The summed E-state index contributed by atoms with van der Waals surface area (Å²) in [5.41, 5.74) is 0.897. The molecule has 1 aliphatic heterocycles. The number of rotatable bonds is 7. The number of anilines is 1. The van der Waals surface area contributed by atoms with Crippen molar-refractivity contribution in [2.75, 3.05) is 18.5 Å². The average Bonchev–Trinajstić information content (AvgIpc) is 2.96. The molecule has 0 radical (unpaired) electrons. The summed E-state index contributed by atoms with van der Waals surface area (Å²) < 4.78 is 5.56. The minimum atomic E-state index is -1.30. The fourth-order valence-electron chi connectivity index (χ4n) is 2.55. The number of hydrogen-bond donors (Lipinski definition) is 2. The van der Waals surface area contributed by atoms with Crippen LogP contribution in [-0.4, -0.2) is 46.2 Å². The van der Waals surface area contributed by atoms with Crippen molar-refractivity contribution in [3.63, 3.8) is 0 Å². The number of carboxylic acid groups (broad SMARTS) is 1. The van der Waals surface area contributed by atoms with Crippen molar-refractivity contribution in [1.82, 2.24) is 4.90 Å². The fourth-order valence-corrected chi connectivity index (χ4v) is 3.69. The number of benzene rings is 2. The zero-order chi connectivity index (χ0) is 22.5. The highest BCUT2D eigenvalue weighted by molar-refractivity contribution is 8.18. The van der Waals surface area contributed by atoms with E-state index < -0.39 is 29.6 Å². The third-order valence-electron chi connectivity index (χ3n) is 3.91. The number of nitrogens with zero attached hydrogens (tertiary/aromatic N) is 1. The predicted molar refractivity (Wildman–Crippen MR) is 117 cm³/mol. The van der Waals surface area contributed by atoms with Gasteiger partial charge in [-0.15, -0.1) is 0 Å². The Bertz CT molecular complexity index is 1090. The number of carboxylic acids is 1. The van der Waals surface area contributed by atoms with Gasteiger partial charge in [0.15, 0.2) is 6.61 Å². The van der Waals surface area contributed by atoms with E-state index in [0.29, 0.717) is 38.0 Å². The van der Waals surface area contributed by atoms with Crippen LogP contribution in [0.25, 0.3) is 6.08 Å². The van der Waals surface area contributed by atoms with Crippen molar-refractivity contribution >= 4 is 69.8 Å². The topological polar surface area (TPSA) is 113 Å². The summed E-state index contributed by atoms with van der Waals surface area (Å²) in [7, 11) is 0. The Hall–Kier alpha value is -3.01. The zero-order valence-corrected chi connectivity index (χ0v) is 18.0. The quantitative estimate of drug-likeness (QED) is 0.572. The molecule has 2 N–H and O–H groups in total. The molecule has 1 heterocycles. The SMILES string of the molecule is O=C(O)CN1C(=O)S/C(=C\c2cc(Cl)ccc2OCC(=O)Nc2ccc(Cl)cc2)C1=O. The van der Waals surface area contributed by atoms with Crippen molar-refractivity contribution < 1.29 is 29.0 Å². The van der Waals surface area contributed by atoms with Gasteiger partial charge in [-0.2, -0.15) is 0 Å². The standard InChI is InChI=1S/C20H14Cl2N2O6S/c21-12-1-4-14(5-2-12)23-17(25)10-30-15-6-3-13(22)7-11(15)8-16-19(28)24(9-18(26)27)20(29)31-16/h1-8H,9-10H2,(H,23,25)(H,26,27)/b16-8-. The van der Waals surface area contributed by atoms with E-state index in [9.17, 15) is 19.2 Å². The lowest BCUT2D eigenvalue weighted by atomic mass is 10.2. The highest BCUT2D eigenvalue weighted by Crippen LogP contribution is 2.34. The van der Waals surface area contributed by atoms with Crippen LogP contribution in [0.5, 0.6) is 5.75 Å². The lowest BCUT2D eigenvalue weighted by Crippen LogP contribution is -2.33. The van der Waals surface area contributed by atoms with Gasteiger partial charge < -0.3 is 15.2 Å². The summed E-state index contributed by atoms with van der Waals surface area (Å²) in [4.78, 5) is 47.9. The number of thioether (sulfide) groups is 1. The first-order valence-electron chi connectivity index (χ1n) is 8.68. The zero-order valence-electron chi connectivity index (χ0n) is 15.6. The largest absolute Gasteiger partial charge is 0.483 e. The maximum absolute atomic E-state index is 12.4. The number of nitrogens with one attached hydrogen (secondary N) is 1. The molecule has 0 bridgehead atoms. The monoisotopic (exact) mass is 480 g/mol. The molecular weight excluding hydrogens is 467 g/mol. The molecule has 8 nitrogen and oxygen atoms in total. The van der Waals surface area contributed by atoms with Crippen LogP contribution < -0.4 is 10.1 Å². The van der Waals surface area contributed by atoms with E-state index >= 15 is 0 Å². The molecule has 0 aliphatic carbocycles. The fraction of sp³-hybridized carbons (Fsp3) is 0.100. The first kappa shape index (κ1) is 22.7. The molecule has 31 heavy (non-hydrogen) atoms. The lowest BCUT2D eigenvalue weighted by Gasteiger charge is -2.11. The van der Waals surface area contributed by atoms with E-state index in [4.69, 9.17) is 33.0 Å². The third kappa shape index (κ3) is 6.00. The Morgan fingerprint density at radius 3 is 2.45 bits per heavy atom. The molecule has 0 aromatic heterocycles. The first-order valence-corrected chi connectivity index (χ1v) is 10.2. The van der Waals surface area contributed by atoms with Crippen molar-refractivity contribution in [3.05, 3.63) is 63.0 Å². The molecule has 3 amide bonds.